The van der Waals surface area contributed by atoms with Crippen molar-refractivity contribution in [1.82, 2.24) is 4.90 Å². The largest absolute Gasteiger partial charge is 0.355 e. The highest BCUT2D eigenvalue weighted by atomic mass is 16.5. The summed E-state index contributed by atoms with van der Waals surface area (Å²) in [5.41, 5.74) is 1.21. The third-order valence-electron chi connectivity index (χ3n) is 5.28. The first kappa shape index (κ1) is 12.4. The van der Waals surface area contributed by atoms with Crippen LogP contribution < -0.4 is 0 Å². The minimum absolute atomic E-state index is 0.0340. The molecular weight excluding hydrogens is 250 g/mol. The molecule has 1 saturated carbocycles. The van der Waals surface area contributed by atoms with E-state index < -0.39 is 0 Å². The first-order chi connectivity index (χ1) is 9.84. The van der Waals surface area contributed by atoms with Crippen LogP contribution in [0.2, 0.25) is 0 Å². The van der Waals surface area contributed by atoms with Crippen LogP contribution in [0.1, 0.15) is 43.7 Å². The van der Waals surface area contributed by atoms with Crippen molar-refractivity contribution in [2.45, 2.75) is 44.4 Å². The molecule has 0 N–H and O–H groups in total. The first-order valence-electron chi connectivity index (χ1n) is 7.82. The molecule has 4 atom stereocenters. The second-order valence-electron chi connectivity index (χ2n) is 6.36. The van der Waals surface area contributed by atoms with Gasteiger partial charge in [0.15, 0.2) is 0 Å². The fourth-order valence-electron chi connectivity index (χ4n) is 4.30. The summed E-state index contributed by atoms with van der Waals surface area (Å²) in [5.74, 6) is 1.42. The van der Waals surface area contributed by atoms with Gasteiger partial charge in [-0.15, -0.1) is 0 Å². The Kier molecular flexibility index (Phi) is 3.03. The number of hydrogen-bond acceptors (Lipinski definition) is 2. The molecule has 106 valence electrons. The maximum Gasteiger partial charge on any atom is 0.225 e. The Morgan fingerprint density at radius 1 is 1.10 bits per heavy atom. The summed E-state index contributed by atoms with van der Waals surface area (Å²) < 4.78 is 6.07. The summed E-state index contributed by atoms with van der Waals surface area (Å²) in [4.78, 5) is 14.6. The third-order valence-corrected chi connectivity index (χ3v) is 5.28. The van der Waals surface area contributed by atoms with Gasteiger partial charge in [0.25, 0.3) is 0 Å². The fourth-order valence-corrected chi connectivity index (χ4v) is 4.30. The van der Waals surface area contributed by atoms with E-state index in [4.69, 9.17) is 4.74 Å². The van der Waals surface area contributed by atoms with Gasteiger partial charge in [-0.3, -0.25) is 4.79 Å². The van der Waals surface area contributed by atoms with Gasteiger partial charge in [-0.05, 0) is 24.3 Å². The maximum atomic E-state index is 12.6. The van der Waals surface area contributed by atoms with E-state index in [-0.39, 0.29) is 12.3 Å². The van der Waals surface area contributed by atoms with Crippen LogP contribution in [0, 0.1) is 11.8 Å². The minimum atomic E-state index is 0.0340. The topological polar surface area (TPSA) is 29.5 Å². The minimum Gasteiger partial charge on any atom is -0.355 e. The Balaban J connectivity index is 1.63. The van der Waals surface area contributed by atoms with Crippen LogP contribution in [0.4, 0.5) is 0 Å². The van der Waals surface area contributed by atoms with E-state index in [0.717, 1.165) is 6.42 Å². The summed E-state index contributed by atoms with van der Waals surface area (Å²) in [6, 6.07) is 10.4. The normalized spacial score (nSPS) is 36.6. The highest BCUT2D eigenvalue weighted by Crippen LogP contribution is 2.46. The Morgan fingerprint density at radius 2 is 1.90 bits per heavy atom. The number of rotatable bonds is 1. The Bertz CT molecular complexity index is 501. The molecule has 20 heavy (non-hydrogen) atoms. The molecule has 3 aliphatic rings. The van der Waals surface area contributed by atoms with Crippen molar-refractivity contribution in [2.24, 2.45) is 11.8 Å². The van der Waals surface area contributed by atoms with Crippen LogP contribution in [0.15, 0.2) is 30.3 Å². The molecule has 3 fully saturated rings. The zero-order chi connectivity index (χ0) is 13.5. The molecule has 0 aromatic heterocycles. The van der Waals surface area contributed by atoms with Crippen LogP contribution in [0.5, 0.6) is 0 Å². The second-order valence-corrected chi connectivity index (χ2v) is 6.36. The second kappa shape index (κ2) is 4.88. The molecule has 2 aliphatic heterocycles. The number of hydrogen-bond donors (Lipinski definition) is 0. The summed E-state index contributed by atoms with van der Waals surface area (Å²) in [5, 5.41) is 0. The van der Waals surface area contributed by atoms with E-state index in [1.54, 1.807) is 0 Å². The Morgan fingerprint density at radius 3 is 2.75 bits per heavy atom. The zero-order valence-corrected chi connectivity index (χ0v) is 11.7. The van der Waals surface area contributed by atoms with Gasteiger partial charge in [0.2, 0.25) is 5.91 Å². The predicted molar refractivity (Wildman–Crippen MR) is 75.8 cm³/mol. The van der Waals surface area contributed by atoms with Crippen LogP contribution in [0.25, 0.3) is 0 Å². The predicted octanol–water partition coefficient (Wildman–Crippen LogP) is 3.12. The number of piperidine rings is 1. The molecule has 1 aromatic carbocycles. The zero-order valence-electron chi connectivity index (χ0n) is 11.7. The summed E-state index contributed by atoms with van der Waals surface area (Å²) >= 11 is 0. The Hall–Kier alpha value is -1.35. The van der Waals surface area contributed by atoms with Crippen LogP contribution in [-0.2, 0) is 9.53 Å². The number of fused-ring (bicyclic) bond motifs is 3. The monoisotopic (exact) mass is 271 g/mol. The van der Waals surface area contributed by atoms with Gasteiger partial charge in [-0.1, -0.05) is 43.2 Å². The highest BCUT2D eigenvalue weighted by molar-refractivity contribution is 5.78. The van der Waals surface area contributed by atoms with E-state index in [2.05, 4.69) is 12.1 Å². The fraction of sp³-hybridized carbons (Fsp3) is 0.588. The molecule has 0 spiro atoms. The van der Waals surface area contributed by atoms with Gasteiger partial charge in [0.1, 0.15) is 6.23 Å². The van der Waals surface area contributed by atoms with Crippen molar-refractivity contribution in [3.63, 3.8) is 0 Å². The van der Waals surface area contributed by atoms with Gasteiger partial charge in [-0.2, -0.15) is 0 Å². The van der Waals surface area contributed by atoms with E-state index in [9.17, 15) is 4.79 Å². The lowest BCUT2D eigenvalue weighted by atomic mass is 9.73. The summed E-state index contributed by atoms with van der Waals surface area (Å²) in [6.45, 7) is 0.656. The van der Waals surface area contributed by atoms with Crippen molar-refractivity contribution in [1.29, 1.82) is 0 Å². The molecule has 3 heteroatoms. The van der Waals surface area contributed by atoms with Crippen LogP contribution in [-0.4, -0.2) is 23.6 Å². The maximum absolute atomic E-state index is 12.6. The number of ether oxygens (including phenoxy) is 1. The van der Waals surface area contributed by atoms with Crippen molar-refractivity contribution < 1.29 is 9.53 Å². The number of carbonyl (C=O) groups is 1. The number of benzene rings is 1. The molecule has 0 unspecified atom stereocenters. The third kappa shape index (κ3) is 1.87. The van der Waals surface area contributed by atoms with Crippen molar-refractivity contribution in [3.8, 4) is 0 Å². The van der Waals surface area contributed by atoms with E-state index in [1.807, 2.05) is 23.1 Å². The molecule has 1 aliphatic carbocycles. The van der Waals surface area contributed by atoms with E-state index in [0.29, 0.717) is 24.3 Å². The molecule has 2 heterocycles. The molecule has 3 nitrogen and oxygen atoms in total. The van der Waals surface area contributed by atoms with E-state index in [1.165, 1.54) is 31.2 Å². The van der Waals surface area contributed by atoms with Gasteiger partial charge < -0.3 is 9.64 Å². The van der Waals surface area contributed by atoms with Crippen molar-refractivity contribution in [2.75, 3.05) is 6.61 Å². The van der Waals surface area contributed by atoms with Gasteiger partial charge in [-0.25, -0.2) is 0 Å². The lowest BCUT2D eigenvalue weighted by molar-refractivity contribution is -0.154. The standard InChI is InChI=1S/C17H21NO2/c19-16-10-13-8-4-5-9-14(13)17-18(16)15(11-20-17)12-6-2-1-3-7-12/h1-3,6-7,13-15,17H,4-5,8-11H2/t13-,14-,15-,17+/m0/s1. The van der Waals surface area contributed by atoms with Crippen LogP contribution >= 0.6 is 0 Å². The average molecular weight is 271 g/mol. The SMILES string of the molecule is O=C1C[C@@H]2CCCC[C@@H]2[C@H]2OC[C@@H](c3ccccc3)N12. The number of carbonyl (C=O) groups excluding carboxylic acids is 1. The molecule has 0 radical (unpaired) electrons. The van der Waals surface area contributed by atoms with Gasteiger partial charge in [0.05, 0.1) is 12.6 Å². The molecule has 1 amide bonds. The average Bonchev–Trinajstić information content (AvgIpc) is 2.94. The Labute approximate surface area is 119 Å². The number of nitrogens with zero attached hydrogens (tertiary/aromatic N) is 1. The highest BCUT2D eigenvalue weighted by Gasteiger charge is 2.49. The molecular formula is C17H21NO2. The lowest BCUT2D eigenvalue weighted by Gasteiger charge is -2.44. The molecule has 0 bridgehead atoms. The lowest BCUT2D eigenvalue weighted by Crippen LogP contribution is -2.50. The van der Waals surface area contributed by atoms with Crippen LogP contribution in [0.3, 0.4) is 0 Å². The number of amides is 1. The first-order valence-corrected chi connectivity index (χ1v) is 7.82. The summed E-state index contributed by atoms with van der Waals surface area (Å²) in [6.07, 6.45) is 5.77. The van der Waals surface area contributed by atoms with E-state index >= 15 is 0 Å². The quantitative estimate of drug-likeness (QED) is 0.785. The smallest absolute Gasteiger partial charge is 0.225 e. The van der Waals surface area contributed by atoms with Gasteiger partial charge in [0, 0.05) is 12.3 Å². The molecule has 1 aromatic rings. The molecule has 2 saturated heterocycles. The van der Waals surface area contributed by atoms with Crippen molar-refractivity contribution in [3.05, 3.63) is 35.9 Å². The van der Waals surface area contributed by atoms with Crippen molar-refractivity contribution >= 4 is 5.91 Å². The summed E-state index contributed by atoms with van der Waals surface area (Å²) in [7, 11) is 0. The molecule has 4 rings (SSSR count). The van der Waals surface area contributed by atoms with Gasteiger partial charge >= 0.3 is 0 Å².